The number of hydrogen-bond donors (Lipinski definition) is 4. The summed E-state index contributed by atoms with van der Waals surface area (Å²) in [6.45, 7) is 1.99. The largest absolute Gasteiger partial charge is 0.393 e. The van der Waals surface area contributed by atoms with Crippen molar-refractivity contribution in [2.45, 2.75) is 56.6 Å². The Balaban J connectivity index is 1.56. The van der Waals surface area contributed by atoms with E-state index in [1.54, 1.807) is 6.07 Å². The first-order chi connectivity index (χ1) is 13.7. The molecule has 0 radical (unpaired) electrons. The van der Waals surface area contributed by atoms with Crippen molar-refractivity contribution in [1.82, 2.24) is 20.3 Å². The molecule has 1 saturated heterocycles. The predicted octanol–water partition coefficient (Wildman–Crippen LogP) is 2.94. The Bertz CT molecular complexity index is 790. The van der Waals surface area contributed by atoms with Gasteiger partial charge in [0.1, 0.15) is 5.82 Å². The van der Waals surface area contributed by atoms with Crippen LogP contribution in [0.1, 0.15) is 50.0 Å². The van der Waals surface area contributed by atoms with Gasteiger partial charge in [0.2, 0.25) is 11.9 Å². The van der Waals surface area contributed by atoms with E-state index in [-0.39, 0.29) is 6.10 Å². The summed E-state index contributed by atoms with van der Waals surface area (Å²) in [5, 5.41) is 19.8. The van der Waals surface area contributed by atoms with Crippen molar-refractivity contribution < 1.29 is 9.50 Å². The van der Waals surface area contributed by atoms with Crippen molar-refractivity contribution in [3.05, 3.63) is 36.0 Å². The molecule has 4 rings (SSSR count). The van der Waals surface area contributed by atoms with Gasteiger partial charge in [-0.1, -0.05) is 0 Å². The number of anilines is 3. The van der Waals surface area contributed by atoms with Crippen molar-refractivity contribution in [3.8, 4) is 0 Å². The summed E-state index contributed by atoms with van der Waals surface area (Å²) in [4.78, 5) is 12.8. The number of halogens is 1. The highest BCUT2D eigenvalue weighted by Gasteiger charge is 2.24. The quantitative estimate of drug-likeness (QED) is 0.587. The third kappa shape index (κ3) is 4.74. The number of piperidine rings is 1. The standard InChI is InChI=1S/C20H27FN6O/c21-18-11-15(7-10-23-18)26-20-24-12-17(13-5-8-22-9-6-13)19(27-20)25-14-1-3-16(28)4-2-14/h7,10-14,16,22,28H,1-6,8-9H2,(H2,23,24,25,26,27)/t14-,16-. The van der Waals surface area contributed by atoms with Gasteiger partial charge in [0.15, 0.2) is 0 Å². The van der Waals surface area contributed by atoms with Crippen molar-refractivity contribution >= 4 is 17.5 Å². The topological polar surface area (TPSA) is 95.0 Å². The van der Waals surface area contributed by atoms with Crippen molar-refractivity contribution in [2.24, 2.45) is 0 Å². The van der Waals surface area contributed by atoms with E-state index in [2.05, 4.69) is 25.9 Å². The molecule has 0 spiro atoms. The second kappa shape index (κ2) is 8.79. The first kappa shape index (κ1) is 19.0. The molecule has 2 aromatic rings. The summed E-state index contributed by atoms with van der Waals surface area (Å²) in [5.74, 6) is 1.16. The van der Waals surface area contributed by atoms with E-state index in [0.717, 1.165) is 63.0 Å². The zero-order valence-corrected chi connectivity index (χ0v) is 15.9. The molecule has 7 nitrogen and oxygen atoms in total. The number of rotatable bonds is 5. The van der Waals surface area contributed by atoms with E-state index in [0.29, 0.717) is 23.6 Å². The number of nitrogens with one attached hydrogen (secondary N) is 3. The lowest BCUT2D eigenvalue weighted by atomic mass is 9.90. The molecule has 0 unspecified atom stereocenters. The number of nitrogens with zero attached hydrogens (tertiary/aromatic N) is 3. The van der Waals surface area contributed by atoms with Crippen LogP contribution in [0.2, 0.25) is 0 Å². The molecule has 28 heavy (non-hydrogen) atoms. The van der Waals surface area contributed by atoms with Crippen LogP contribution in [0.25, 0.3) is 0 Å². The van der Waals surface area contributed by atoms with Gasteiger partial charge in [-0.05, 0) is 63.6 Å². The maximum atomic E-state index is 13.4. The van der Waals surface area contributed by atoms with E-state index < -0.39 is 5.95 Å². The molecule has 2 aromatic heterocycles. The molecule has 3 heterocycles. The minimum atomic E-state index is -0.546. The molecule has 4 N–H and O–H groups in total. The molecule has 1 aliphatic carbocycles. The summed E-state index contributed by atoms with van der Waals surface area (Å²) in [7, 11) is 0. The highest BCUT2D eigenvalue weighted by atomic mass is 19.1. The fraction of sp³-hybridized carbons (Fsp3) is 0.550. The van der Waals surface area contributed by atoms with Gasteiger partial charge >= 0.3 is 0 Å². The average Bonchev–Trinajstić information content (AvgIpc) is 2.71. The van der Waals surface area contributed by atoms with Gasteiger partial charge in [0.05, 0.1) is 6.10 Å². The van der Waals surface area contributed by atoms with Crippen LogP contribution in [-0.2, 0) is 0 Å². The first-order valence-electron chi connectivity index (χ1n) is 10.1. The van der Waals surface area contributed by atoms with Crippen molar-refractivity contribution in [3.63, 3.8) is 0 Å². The minimum absolute atomic E-state index is 0.189. The Morgan fingerprint density at radius 1 is 1.07 bits per heavy atom. The predicted molar refractivity (Wildman–Crippen MR) is 106 cm³/mol. The summed E-state index contributed by atoms with van der Waals surface area (Å²) >= 11 is 0. The highest BCUT2D eigenvalue weighted by Crippen LogP contribution is 2.32. The lowest BCUT2D eigenvalue weighted by Crippen LogP contribution is -2.30. The van der Waals surface area contributed by atoms with Crippen molar-refractivity contribution in [2.75, 3.05) is 23.7 Å². The van der Waals surface area contributed by atoms with Crippen LogP contribution in [0.3, 0.4) is 0 Å². The lowest BCUT2D eigenvalue weighted by molar-refractivity contribution is 0.126. The second-order valence-corrected chi connectivity index (χ2v) is 7.66. The molecule has 2 fully saturated rings. The number of aromatic nitrogens is 3. The number of hydrogen-bond acceptors (Lipinski definition) is 7. The van der Waals surface area contributed by atoms with Gasteiger partial charge in [-0.25, -0.2) is 9.97 Å². The third-order valence-corrected chi connectivity index (χ3v) is 5.62. The molecule has 8 heteroatoms. The van der Waals surface area contributed by atoms with Crippen LogP contribution in [-0.4, -0.2) is 45.3 Å². The van der Waals surface area contributed by atoms with Gasteiger partial charge in [-0.15, -0.1) is 0 Å². The number of aliphatic hydroxyl groups is 1. The van der Waals surface area contributed by atoms with Crippen LogP contribution >= 0.6 is 0 Å². The molecule has 0 amide bonds. The van der Waals surface area contributed by atoms with E-state index in [9.17, 15) is 9.50 Å². The SMILES string of the molecule is O[C@H]1CC[C@H](Nc2nc(Nc3ccnc(F)c3)ncc2C2CCNCC2)CC1. The lowest BCUT2D eigenvalue weighted by Gasteiger charge is -2.29. The Morgan fingerprint density at radius 2 is 1.86 bits per heavy atom. The molecular weight excluding hydrogens is 359 g/mol. The highest BCUT2D eigenvalue weighted by molar-refractivity contribution is 5.56. The van der Waals surface area contributed by atoms with Gasteiger partial charge in [0, 0.05) is 35.8 Å². The molecule has 2 aliphatic rings. The van der Waals surface area contributed by atoms with Crippen LogP contribution in [0.4, 0.5) is 21.8 Å². The molecule has 0 atom stereocenters. The van der Waals surface area contributed by atoms with Crippen LogP contribution in [0, 0.1) is 5.95 Å². The molecule has 1 saturated carbocycles. The first-order valence-corrected chi connectivity index (χ1v) is 10.1. The Labute approximate surface area is 164 Å². The molecule has 150 valence electrons. The fourth-order valence-corrected chi connectivity index (χ4v) is 4.02. The maximum absolute atomic E-state index is 13.4. The minimum Gasteiger partial charge on any atom is -0.393 e. The monoisotopic (exact) mass is 386 g/mol. The third-order valence-electron chi connectivity index (χ3n) is 5.62. The fourth-order valence-electron chi connectivity index (χ4n) is 4.02. The number of pyridine rings is 1. The average molecular weight is 386 g/mol. The van der Waals surface area contributed by atoms with Crippen molar-refractivity contribution in [1.29, 1.82) is 0 Å². The summed E-state index contributed by atoms with van der Waals surface area (Å²) < 4.78 is 13.4. The van der Waals surface area contributed by atoms with Gasteiger partial charge in [0.25, 0.3) is 0 Å². The zero-order valence-electron chi connectivity index (χ0n) is 15.9. The maximum Gasteiger partial charge on any atom is 0.229 e. The summed E-state index contributed by atoms with van der Waals surface area (Å²) in [5.41, 5.74) is 1.70. The van der Waals surface area contributed by atoms with E-state index in [1.165, 1.54) is 12.3 Å². The van der Waals surface area contributed by atoms with Crippen LogP contribution in [0.15, 0.2) is 24.5 Å². The molecule has 0 bridgehead atoms. The van der Waals surface area contributed by atoms with Crippen LogP contribution < -0.4 is 16.0 Å². The van der Waals surface area contributed by atoms with Crippen LogP contribution in [0.5, 0.6) is 0 Å². The van der Waals surface area contributed by atoms with E-state index >= 15 is 0 Å². The number of aliphatic hydroxyl groups excluding tert-OH is 1. The Hall–Kier alpha value is -2.32. The molecule has 0 aromatic carbocycles. The molecular formula is C20H27FN6O. The van der Waals surface area contributed by atoms with Gasteiger partial charge in [-0.3, -0.25) is 0 Å². The normalized spacial score (nSPS) is 23.4. The Kier molecular flexibility index (Phi) is 5.97. The molecule has 1 aliphatic heterocycles. The van der Waals surface area contributed by atoms with Gasteiger partial charge in [-0.2, -0.15) is 9.37 Å². The second-order valence-electron chi connectivity index (χ2n) is 7.66. The summed E-state index contributed by atoms with van der Waals surface area (Å²) in [6, 6.07) is 3.30. The summed E-state index contributed by atoms with van der Waals surface area (Å²) in [6.07, 6.45) is 8.71. The Morgan fingerprint density at radius 3 is 2.61 bits per heavy atom. The van der Waals surface area contributed by atoms with Gasteiger partial charge < -0.3 is 21.1 Å². The van der Waals surface area contributed by atoms with E-state index in [1.807, 2.05) is 6.20 Å². The van der Waals surface area contributed by atoms with E-state index in [4.69, 9.17) is 4.98 Å². The zero-order chi connectivity index (χ0) is 19.3. The smallest absolute Gasteiger partial charge is 0.229 e.